The van der Waals surface area contributed by atoms with Gasteiger partial charge in [-0.25, -0.2) is 0 Å². The Morgan fingerprint density at radius 3 is 2.52 bits per heavy atom. The molecule has 1 atom stereocenters. The number of nitrogens with zero attached hydrogens (tertiary/aromatic N) is 1. The van der Waals surface area contributed by atoms with Crippen molar-refractivity contribution in [1.29, 1.82) is 0 Å². The zero-order chi connectivity index (χ0) is 21.0. The van der Waals surface area contributed by atoms with Gasteiger partial charge in [-0.05, 0) is 90.4 Å². The smallest absolute Gasteiger partial charge is 0.220 e. The van der Waals surface area contributed by atoms with Gasteiger partial charge < -0.3 is 15.5 Å². The number of rotatable bonds is 19. The van der Waals surface area contributed by atoms with Gasteiger partial charge in [0.2, 0.25) is 5.91 Å². The highest BCUT2D eigenvalue weighted by Gasteiger charge is 2.21. The molecule has 1 rings (SSSR count). The molecule has 0 spiro atoms. The van der Waals surface area contributed by atoms with E-state index in [1.807, 2.05) is 12.2 Å². The number of piperidine rings is 1. The summed E-state index contributed by atoms with van der Waals surface area (Å²) < 4.78 is 0. The Hall–Kier alpha value is -1.13. The Morgan fingerprint density at radius 2 is 1.69 bits per heavy atom. The highest BCUT2D eigenvalue weighted by atomic mass is 16.1. The normalized spacial score (nSPS) is 17.2. The highest BCUT2D eigenvalue weighted by molar-refractivity contribution is 5.75. The molecule has 0 bridgehead atoms. The van der Waals surface area contributed by atoms with E-state index in [0.717, 1.165) is 44.9 Å². The van der Waals surface area contributed by atoms with E-state index in [2.05, 4.69) is 28.7 Å². The first-order valence-electron chi connectivity index (χ1n) is 12.2. The van der Waals surface area contributed by atoms with Crippen LogP contribution >= 0.6 is 0 Å². The molecule has 0 saturated carbocycles. The molecule has 0 aromatic carbocycles. The van der Waals surface area contributed by atoms with Crippen LogP contribution in [-0.4, -0.2) is 49.6 Å². The van der Waals surface area contributed by atoms with Gasteiger partial charge in [-0.3, -0.25) is 4.79 Å². The number of amides is 1. The second-order valence-electron chi connectivity index (χ2n) is 8.45. The number of hydrogen-bond acceptors (Lipinski definition) is 3. The van der Waals surface area contributed by atoms with Crippen molar-refractivity contribution in [2.24, 2.45) is 0 Å². The van der Waals surface area contributed by atoms with E-state index < -0.39 is 0 Å². The second-order valence-corrected chi connectivity index (χ2v) is 8.45. The van der Waals surface area contributed by atoms with Gasteiger partial charge in [0.25, 0.3) is 0 Å². The Bertz CT molecular complexity index is 424. The standard InChI is InChI=1S/C25H47N3O/c1-3-5-7-8-10-16-24-17-11-13-22-28(24)23-14-12-19-26-20-15-21-27-25(29)18-9-6-4-2/h3-4,24,26H,1-2,5-23H2,(H,27,29)/t24-/m1/s1. The Morgan fingerprint density at radius 1 is 0.897 bits per heavy atom. The van der Waals surface area contributed by atoms with Crippen LogP contribution in [0.4, 0.5) is 0 Å². The molecular formula is C25H47N3O. The maximum atomic E-state index is 11.6. The molecule has 1 fully saturated rings. The van der Waals surface area contributed by atoms with Crippen LogP contribution < -0.4 is 10.6 Å². The van der Waals surface area contributed by atoms with Gasteiger partial charge in [0.15, 0.2) is 0 Å². The molecule has 0 unspecified atom stereocenters. The average Bonchev–Trinajstić information content (AvgIpc) is 2.73. The molecule has 168 valence electrons. The van der Waals surface area contributed by atoms with Gasteiger partial charge in [-0.2, -0.15) is 0 Å². The number of nitrogens with one attached hydrogen (secondary N) is 2. The van der Waals surface area contributed by atoms with Crippen molar-refractivity contribution in [2.45, 2.75) is 95.9 Å². The number of carbonyl (C=O) groups excluding carboxylic acids is 1. The molecule has 1 aliphatic heterocycles. The molecule has 0 aromatic heterocycles. The molecule has 0 radical (unpaired) electrons. The predicted molar refractivity (Wildman–Crippen MR) is 126 cm³/mol. The maximum absolute atomic E-state index is 11.6. The molecule has 0 aliphatic carbocycles. The van der Waals surface area contributed by atoms with E-state index in [0.29, 0.717) is 6.42 Å². The minimum Gasteiger partial charge on any atom is -0.356 e. The molecular weight excluding hydrogens is 358 g/mol. The zero-order valence-electron chi connectivity index (χ0n) is 18.9. The predicted octanol–water partition coefficient (Wildman–Crippen LogP) is 5.21. The Balaban J connectivity index is 1.96. The zero-order valence-corrected chi connectivity index (χ0v) is 18.9. The molecule has 1 saturated heterocycles. The molecule has 4 nitrogen and oxygen atoms in total. The first-order chi connectivity index (χ1) is 14.3. The lowest BCUT2D eigenvalue weighted by Gasteiger charge is -2.36. The van der Waals surface area contributed by atoms with E-state index in [1.165, 1.54) is 77.3 Å². The van der Waals surface area contributed by atoms with E-state index in [-0.39, 0.29) is 5.91 Å². The van der Waals surface area contributed by atoms with E-state index in [4.69, 9.17) is 0 Å². The summed E-state index contributed by atoms with van der Waals surface area (Å²) >= 11 is 0. The van der Waals surface area contributed by atoms with Crippen molar-refractivity contribution in [3.8, 4) is 0 Å². The summed E-state index contributed by atoms with van der Waals surface area (Å²) in [6.07, 6.45) is 20.7. The molecule has 1 heterocycles. The summed E-state index contributed by atoms with van der Waals surface area (Å²) in [7, 11) is 0. The van der Waals surface area contributed by atoms with Gasteiger partial charge in [0.05, 0.1) is 0 Å². The fourth-order valence-corrected chi connectivity index (χ4v) is 4.15. The summed E-state index contributed by atoms with van der Waals surface area (Å²) in [4.78, 5) is 14.4. The topological polar surface area (TPSA) is 44.4 Å². The second kappa shape index (κ2) is 18.9. The number of unbranched alkanes of at least 4 members (excludes halogenated alkanes) is 5. The molecule has 2 N–H and O–H groups in total. The van der Waals surface area contributed by atoms with Crippen LogP contribution in [0.1, 0.15) is 89.9 Å². The minimum absolute atomic E-state index is 0.170. The third-order valence-corrected chi connectivity index (χ3v) is 5.91. The number of allylic oxidation sites excluding steroid dienone is 2. The third-order valence-electron chi connectivity index (χ3n) is 5.91. The first-order valence-corrected chi connectivity index (χ1v) is 12.2. The summed E-state index contributed by atoms with van der Waals surface area (Å²) in [5, 5.41) is 6.52. The van der Waals surface area contributed by atoms with Gasteiger partial charge in [-0.1, -0.05) is 31.4 Å². The van der Waals surface area contributed by atoms with Crippen LogP contribution in [0.2, 0.25) is 0 Å². The van der Waals surface area contributed by atoms with Crippen LogP contribution in [0, 0.1) is 0 Å². The maximum Gasteiger partial charge on any atom is 0.220 e. The number of hydrogen-bond donors (Lipinski definition) is 2. The van der Waals surface area contributed by atoms with Crippen LogP contribution in [0.3, 0.4) is 0 Å². The first kappa shape index (κ1) is 25.9. The van der Waals surface area contributed by atoms with Crippen molar-refractivity contribution in [2.75, 3.05) is 32.7 Å². The van der Waals surface area contributed by atoms with Gasteiger partial charge in [0, 0.05) is 19.0 Å². The molecule has 4 heteroatoms. The largest absolute Gasteiger partial charge is 0.356 e. The average molecular weight is 406 g/mol. The summed E-state index contributed by atoms with van der Waals surface area (Å²) in [5.74, 6) is 0.170. The van der Waals surface area contributed by atoms with Crippen molar-refractivity contribution < 1.29 is 4.79 Å². The monoisotopic (exact) mass is 405 g/mol. The summed E-state index contributed by atoms with van der Waals surface area (Å²) in [6, 6.07) is 0.829. The highest BCUT2D eigenvalue weighted by Crippen LogP contribution is 2.22. The lowest BCUT2D eigenvalue weighted by atomic mass is 9.96. The van der Waals surface area contributed by atoms with E-state index >= 15 is 0 Å². The van der Waals surface area contributed by atoms with Crippen molar-refractivity contribution in [1.82, 2.24) is 15.5 Å². The Kier molecular flexibility index (Phi) is 16.9. The van der Waals surface area contributed by atoms with Crippen LogP contribution in [-0.2, 0) is 4.79 Å². The number of carbonyl (C=O) groups is 1. The van der Waals surface area contributed by atoms with Crippen molar-refractivity contribution in [3.63, 3.8) is 0 Å². The molecule has 29 heavy (non-hydrogen) atoms. The number of likely N-dealkylation sites (tertiary alicyclic amines) is 1. The fourth-order valence-electron chi connectivity index (χ4n) is 4.15. The van der Waals surface area contributed by atoms with Gasteiger partial charge >= 0.3 is 0 Å². The molecule has 0 aromatic rings. The molecule has 1 amide bonds. The lowest BCUT2D eigenvalue weighted by Crippen LogP contribution is -2.40. The third kappa shape index (κ3) is 14.5. The van der Waals surface area contributed by atoms with Crippen LogP contribution in [0.15, 0.2) is 25.3 Å². The quantitative estimate of drug-likeness (QED) is 0.229. The SMILES string of the molecule is C=CCCCCC[C@@H]1CCCCN1CCCCNCCCNC(=O)CCCC=C. The lowest BCUT2D eigenvalue weighted by molar-refractivity contribution is -0.121. The van der Waals surface area contributed by atoms with E-state index in [1.54, 1.807) is 0 Å². The minimum atomic E-state index is 0.170. The van der Waals surface area contributed by atoms with Crippen molar-refractivity contribution >= 4 is 5.91 Å². The van der Waals surface area contributed by atoms with Crippen LogP contribution in [0.25, 0.3) is 0 Å². The fraction of sp³-hybridized carbons (Fsp3) is 0.800. The van der Waals surface area contributed by atoms with Crippen molar-refractivity contribution in [3.05, 3.63) is 25.3 Å². The Labute approximate surface area is 180 Å². The summed E-state index contributed by atoms with van der Waals surface area (Å²) in [5.41, 5.74) is 0. The molecule has 1 aliphatic rings. The van der Waals surface area contributed by atoms with Crippen LogP contribution in [0.5, 0.6) is 0 Å². The van der Waals surface area contributed by atoms with E-state index in [9.17, 15) is 4.79 Å². The summed E-state index contributed by atoms with van der Waals surface area (Å²) in [6.45, 7) is 12.9. The van der Waals surface area contributed by atoms with Gasteiger partial charge in [0.1, 0.15) is 0 Å². The van der Waals surface area contributed by atoms with Gasteiger partial charge in [-0.15, -0.1) is 13.2 Å².